The first-order chi connectivity index (χ1) is 14.0. The Morgan fingerprint density at radius 1 is 1.34 bits per heavy atom. The second-order valence-electron chi connectivity index (χ2n) is 5.49. The van der Waals surface area contributed by atoms with Crippen molar-refractivity contribution in [1.82, 2.24) is 15.8 Å². The van der Waals surface area contributed by atoms with Crippen LogP contribution in [0.1, 0.15) is 22.6 Å². The quantitative estimate of drug-likeness (QED) is 0.159. The van der Waals surface area contributed by atoms with Gasteiger partial charge in [0, 0.05) is 36.1 Å². The highest BCUT2D eigenvalue weighted by Crippen LogP contribution is 2.26. The van der Waals surface area contributed by atoms with Gasteiger partial charge >= 0.3 is 0 Å². The van der Waals surface area contributed by atoms with Gasteiger partial charge in [-0.2, -0.15) is 10.2 Å². The lowest BCUT2D eigenvalue weighted by molar-refractivity contribution is -0.109. The lowest BCUT2D eigenvalue weighted by Crippen LogP contribution is -2.05. The number of hydrogen-bond donors (Lipinski definition) is 3. The first-order valence-corrected chi connectivity index (χ1v) is 9.35. The predicted octanol–water partition coefficient (Wildman–Crippen LogP) is 2.29. The van der Waals surface area contributed by atoms with E-state index >= 15 is 0 Å². The molecule has 1 amide bonds. The average molecular weight is 413 g/mol. The van der Waals surface area contributed by atoms with Crippen molar-refractivity contribution in [3.05, 3.63) is 77.1 Å². The zero-order chi connectivity index (χ0) is 21.5. The van der Waals surface area contributed by atoms with E-state index in [1.165, 1.54) is 24.2 Å². The van der Waals surface area contributed by atoms with Gasteiger partial charge in [-0.15, -0.1) is 0 Å². The number of nitrogens with two attached hydrogens (primary N) is 1. The molecule has 0 aromatic carbocycles. The Morgan fingerprint density at radius 2 is 2.14 bits per heavy atom. The molecule has 1 rings (SSSR count). The fraction of sp³-hybridized carbons (Fsp3) is 0.150. The van der Waals surface area contributed by atoms with Crippen molar-refractivity contribution in [3.63, 3.8) is 0 Å². The summed E-state index contributed by atoms with van der Waals surface area (Å²) in [5, 5.41) is 8.81. The third kappa shape index (κ3) is 9.34. The Labute approximate surface area is 174 Å². The van der Waals surface area contributed by atoms with Crippen molar-refractivity contribution in [3.8, 4) is 0 Å². The van der Waals surface area contributed by atoms with Crippen molar-refractivity contribution >= 4 is 35.7 Å². The van der Waals surface area contributed by atoms with E-state index in [2.05, 4.69) is 39.2 Å². The lowest BCUT2D eigenvalue weighted by atomic mass is 10.2. The Hall–Kier alpha value is -3.46. The van der Waals surface area contributed by atoms with Gasteiger partial charge in [0.25, 0.3) is 0 Å². The van der Waals surface area contributed by atoms with Crippen LogP contribution in [0.3, 0.4) is 0 Å². The van der Waals surface area contributed by atoms with Gasteiger partial charge in [-0.1, -0.05) is 37.1 Å². The van der Waals surface area contributed by atoms with Crippen LogP contribution in [0.2, 0.25) is 0 Å². The highest BCUT2D eigenvalue weighted by Gasteiger charge is 2.09. The summed E-state index contributed by atoms with van der Waals surface area (Å²) in [7, 11) is 1.70. The second-order valence-corrected chi connectivity index (χ2v) is 6.66. The van der Waals surface area contributed by atoms with E-state index in [1.54, 1.807) is 25.3 Å². The normalized spacial score (nSPS) is 12.2. The Bertz CT molecular complexity index is 858. The molecule has 9 heteroatoms. The van der Waals surface area contributed by atoms with Crippen LogP contribution in [0.5, 0.6) is 0 Å². The number of allylic oxidation sites excluding steroid dienone is 4. The fourth-order valence-corrected chi connectivity index (χ4v) is 3.01. The number of thioether (sulfide) groups is 1. The van der Waals surface area contributed by atoms with Crippen LogP contribution in [-0.2, 0) is 11.2 Å². The summed E-state index contributed by atoms with van der Waals surface area (Å²) >= 11 is 1.34. The Kier molecular flexibility index (Phi) is 11.1. The van der Waals surface area contributed by atoms with Crippen molar-refractivity contribution < 1.29 is 9.59 Å². The van der Waals surface area contributed by atoms with Crippen molar-refractivity contribution in [2.24, 2.45) is 15.9 Å². The maximum atomic E-state index is 10.9. The highest BCUT2D eigenvalue weighted by atomic mass is 32.2. The molecule has 0 aliphatic rings. The van der Waals surface area contributed by atoms with E-state index in [-0.39, 0.29) is 0 Å². The minimum absolute atomic E-state index is 0.358. The van der Waals surface area contributed by atoms with Crippen LogP contribution in [0, 0.1) is 0 Å². The van der Waals surface area contributed by atoms with Crippen LogP contribution in [0.15, 0.2) is 76.0 Å². The number of aromatic nitrogens is 1. The molecular weight excluding hydrogens is 388 g/mol. The number of aldehydes is 1. The minimum Gasteiger partial charge on any atom is -0.405 e. The molecule has 1 heterocycles. The number of carbonyl (C=O) groups excluding carboxylic acids is 2. The molecule has 0 spiro atoms. The summed E-state index contributed by atoms with van der Waals surface area (Å²) in [6.07, 6.45) is 8.56. The molecule has 0 saturated carbocycles. The summed E-state index contributed by atoms with van der Waals surface area (Å²) in [4.78, 5) is 26.3. The molecule has 1 aromatic rings. The average Bonchev–Trinajstić information content (AvgIpc) is 2.71. The topological polar surface area (TPSA) is 122 Å². The summed E-state index contributed by atoms with van der Waals surface area (Å²) in [6, 6.07) is 5.21. The number of rotatable bonds is 12. The van der Waals surface area contributed by atoms with E-state index in [0.717, 1.165) is 10.6 Å². The van der Waals surface area contributed by atoms with E-state index in [1.807, 2.05) is 12.1 Å². The number of hydrazone groups is 2. The van der Waals surface area contributed by atoms with Gasteiger partial charge in [-0.3, -0.25) is 9.59 Å². The summed E-state index contributed by atoms with van der Waals surface area (Å²) < 4.78 is 0. The third-order valence-corrected chi connectivity index (χ3v) is 4.27. The van der Waals surface area contributed by atoms with Gasteiger partial charge in [0.05, 0.1) is 6.21 Å². The van der Waals surface area contributed by atoms with Crippen molar-refractivity contribution in [2.75, 3.05) is 7.05 Å². The first-order valence-electron chi connectivity index (χ1n) is 8.54. The van der Waals surface area contributed by atoms with Crippen LogP contribution in [-0.4, -0.2) is 36.0 Å². The molecule has 0 saturated heterocycles. The largest absolute Gasteiger partial charge is 0.405 e. The standard InChI is InChI=1S/C20H24N6O2S/c1-15(9-10-21)11-20(26-22-3)29-16(2)17(12-23-24-14-28)7-8-18-5-4-6-19(13-27)25-18/h4-7,9-10,12-14,22H,1-2,8,11,21H2,3H3,(H,24,28)/b10-9-,17-7+,23-12-,26-20-. The molecule has 29 heavy (non-hydrogen) atoms. The van der Waals surface area contributed by atoms with Gasteiger partial charge in [0.2, 0.25) is 6.41 Å². The van der Waals surface area contributed by atoms with Crippen LogP contribution in [0.25, 0.3) is 0 Å². The number of nitrogens with one attached hydrogen (secondary N) is 2. The number of pyridine rings is 1. The van der Waals surface area contributed by atoms with Gasteiger partial charge < -0.3 is 11.2 Å². The van der Waals surface area contributed by atoms with E-state index in [4.69, 9.17) is 5.73 Å². The number of carbonyl (C=O) groups is 2. The van der Waals surface area contributed by atoms with Crippen LogP contribution < -0.4 is 16.6 Å². The smallest absolute Gasteiger partial charge is 0.227 e. The third-order valence-electron chi connectivity index (χ3n) is 3.32. The van der Waals surface area contributed by atoms with Gasteiger partial charge in [-0.25, -0.2) is 10.4 Å². The minimum atomic E-state index is 0.358. The van der Waals surface area contributed by atoms with Crippen molar-refractivity contribution in [2.45, 2.75) is 12.8 Å². The van der Waals surface area contributed by atoms with Crippen LogP contribution in [0.4, 0.5) is 0 Å². The Balaban J connectivity index is 3.02. The molecule has 1 aromatic heterocycles. The number of nitrogens with zero attached hydrogens (tertiary/aromatic N) is 3. The molecule has 0 atom stereocenters. The van der Waals surface area contributed by atoms with Gasteiger partial charge in [0.15, 0.2) is 6.29 Å². The Morgan fingerprint density at radius 3 is 2.79 bits per heavy atom. The number of hydrogen-bond acceptors (Lipinski definition) is 8. The second kappa shape index (κ2) is 13.7. The van der Waals surface area contributed by atoms with Crippen LogP contribution >= 0.6 is 11.8 Å². The van der Waals surface area contributed by atoms with E-state index in [9.17, 15) is 9.59 Å². The molecule has 0 fully saturated rings. The molecular formula is C20H24N6O2S. The summed E-state index contributed by atoms with van der Waals surface area (Å²) in [6.45, 7) is 8.01. The molecule has 152 valence electrons. The van der Waals surface area contributed by atoms with Crippen molar-refractivity contribution in [1.29, 1.82) is 0 Å². The SMILES string of the molecule is C=C(/C=C\N)C/C(=N/NC)SC(=C)C(/C=N\NC=O)=C/Cc1cccc(C=O)n1. The predicted molar refractivity (Wildman–Crippen MR) is 119 cm³/mol. The van der Waals surface area contributed by atoms with Gasteiger partial charge in [-0.05, 0) is 30.0 Å². The maximum Gasteiger partial charge on any atom is 0.227 e. The summed E-state index contributed by atoms with van der Waals surface area (Å²) in [5.74, 6) is 0. The van der Waals surface area contributed by atoms with E-state index in [0.29, 0.717) is 47.4 Å². The molecule has 0 bridgehead atoms. The lowest BCUT2D eigenvalue weighted by Gasteiger charge is -2.10. The monoisotopic (exact) mass is 412 g/mol. The molecule has 0 aliphatic carbocycles. The fourth-order valence-electron chi connectivity index (χ4n) is 2.08. The highest BCUT2D eigenvalue weighted by molar-refractivity contribution is 8.17. The van der Waals surface area contributed by atoms with Gasteiger partial charge in [0.1, 0.15) is 10.7 Å². The zero-order valence-electron chi connectivity index (χ0n) is 16.2. The molecule has 8 nitrogen and oxygen atoms in total. The molecule has 4 N–H and O–H groups in total. The molecule has 0 aliphatic heterocycles. The van der Waals surface area contributed by atoms with E-state index < -0.39 is 0 Å². The molecule has 0 unspecified atom stereocenters. The zero-order valence-corrected chi connectivity index (χ0v) is 17.0. The first kappa shape index (κ1) is 23.6. The molecule has 0 radical (unpaired) electrons. The number of amides is 1. The summed E-state index contributed by atoms with van der Waals surface area (Å²) in [5.41, 5.74) is 12.9. The maximum absolute atomic E-state index is 10.9.